The van der Waals surface area contributed by atoms with Gasteiger partial charge in [0.15, 0.2) is 18.6 Å². The van der Waals surface area contributed by atoms with Gasteiger partial charge in [-0.15, -0.1) is 0 Å². The molecule has 0 aliphatic rings. The van der Waals surface area contributed by atoms with Crippen LogP contribution in [-0.4, -0.2) is 12.6 Å². The van der Waals surface area contributed by atoms with Gasteiger partial charge in [0.1, 0.15) is 0 Å². The van der Waals surface area contributed by atoms with Gasteiger partial charge >= 0.3 is 0 Å². The maximum absolute atomic E-state index is 10.6. The summed E-state index contributed by atoms with van der Waals surface area (Å²) in [7, 11) is 0. The van der Waals surface area contributed by atoms with E-state index in [0.29, 0.717) is 29.3 Å². The third kappa shape index (κ3) is 1.85. The van der Waals surface area contributed by atoms with E-state index in [1.165, 1.54) is 0 Å². The van der Waals surface area contributed by atoms with Crippen molar-refractivity contribution in [2.75, 3.05) is 0 Å². The molecular weight excluding hydrogens is 178 g/mol. The fourth-order valence-electron chi connectivity index (χ4n) is 1.02. The molecule has 0 atom stereocenters. The maximum Gasteiger partial charge on any atom is 0.152 e. The van der Waals surface area contributed by atoms with Gasteiger partial charge in [-0.1, -0.05) is 18.2 Å². The van der Waals surface area contributed by atoms with Gasteiger partial charge in [-0.3, -0.25) is 9.59 Å². The van der Waals surface area contributed by atoms with Crippen molar-refractivity contribution in [3.05, 3.63) is 34.9 Å². The topological polar surface area (TPSA) is 57.9 Å². The SMILES string of the molecule is N#CC#Cc1c(C=O)cccc1C=O. The number of nitrogens with zero attached hydrogens (tertiary/aromatic N) is 1. The van der Waals surface area contributed by atoms with Crippen molar-refractivity contribution in [3.8, 4) is 17.9 Å². The molecule has 0 aliphatic heterocycles. The summed E-state index contributed by atoms with van der Waals surface area (Å²) in [4.78, 5) is 21.2. The number of carbonyl (C=O) groups is 2. The van der Waals surface area contributed by atoms with E-state index in [4.69, 9.17) is 5.26 Å². The van der Waals surface area contributed by atoms with Crippen molar-refractivity contribution in [1.29, 1.82) is 5.26 Å². The number of hydrogen-bond acceptors (Lipinski definition) is 3. The van der Waals surface area contributed by atoms with Gasteiger partial charge < -0.3 is 0 Å². The Hall–Kier alpha value is -2.39. The van der Waals surface area contributed by atoms with Crippen molar-refractivity contribution < 1.29 is 9.59 Å². The van der Waals surface area contributed by atoms with Gasteiger partial charge in [0, 0.05) is 22.6 Å². The maximum atomic E-state index is 10.6. The lowest BCUT2D eigenvalue weighted by Gasteiger charge is -1.98. The molecule has 0 aliphatic carbocycles. The van der Waals surface area contributed by atoms with Crippen LogP contribution in [0.2, 0.25) is 0 Å². The molecule has 0 amide bonds. The molecule has 3 nitrogen and oxygen atoms in total. The summed E-state index contributed by atoms with van der Waals surface area (Å²) in [5.74, 6) is 4.61. The van der Waals surface area contributed by atoms with Crippen LogP contribution < -0.4 is 0 Å². The van der Waals surface area contributed by atoms with E-state index in [1.54, 1.807) is 24.3 Å². The fourth-order valence-corrected chi connectivity index (χ4v) is 1.02. The van der Waals surface area contributed by atoms with E-state index in [9.17, 15) is 9.59 Å². The summed E-state index contributed by atoms with van der Waals surface area (Å²) in [5, 5.41) is 8.25. The zero-order valence-electron chi connectivity index (χ0n) is 7.15. The predicted molar refractivity (Wildman–Crippen MR) is 49.7 cm³/mol. The molecule has 0 saturated heterocycles. The second-order valence-corrected chi connectivity index (χ2v) is 2.41. The number of aldehydes is 2. The normalized spacial score (nSPS) is 7.93. The van der Waals surface area contributed by atoms with Crippen LogP contribution in [0.3, 0.4) is 0 Å². The molecule has 0 fully saturated rings. The Balaban J connectivity index is 3.42. The molecule has 0 unspecified atom stereocenters. The molecule has 0 saturated carbocycles. The highest BCUT2D eigenvalue weighted by Gasteiger charge is 2.03. The molecule has 14 heavy (non-hydrogen) atoms. The molecule has 0 bridgehead atoms. The summed E-state index contributed by atoms with van der Waals surface area (Å²) in [6.45, 7) is 0. The monoisotopic (exact) mass is 183 g/mol. The minimum Gasteiger partial charge on any atom is -0.298 e. The number of rotatable bonds is 2. The number of carbonyl (C=O) groups excluding carboxylic acids is 2. The summed E-state index contributed by atoms with van der Waals surface area (Å²) in [6, 6.07) is 6.30. The van der Waals surface area contributed by atoms with Gasteiger partial charge in [-0.05, 0) is 5.92 Å². The first kappa shape index (κ1) is 9.70. The largest absolute Gasteiger partial charge is 0.298 e. The Bertz CT molecular complexity index is 446. The lowest BCUT2D eigenvalue weighted by atomic mass is 10.0. The van der Waals surface area contributed by atoms with Crippen molar-refractivity contribution >= 4 is 12.6 Å². The molecule has 1 rings (SSSR count). The minimum atomic E-state index is 0.305. The Kier molecular flexibility index (Phi) is 3.18. The predicted octanol–water partition coefficient (Wildman–Crippen LogP) is 1.19. The van der Waals surface area contributed by atoms with Gasteiger partial charge in [-0.2, -0.15) is 5.26 Å². The lowest BCUT2D eigenvalue weighted by Crippen LogP contribution is -1.93. The van der Waals surface area contributed by atoms with Gasteiger partial charge in [0.05, 0.1) is 0 Å². The Morgan fingerprint density at radius 1 is 1.14 bits per heavy atom. The first-order chi connectivity index (χ1) is 6.83. The second kappa shape index (κ2) is 4.59. The van der Waals surface area contributed by atoms with E-state index in [-0.39, 0.29) is 0 Å². The van der Waals surface area contributed by atoms with Crippen LogP contribution in [-0.2, 0) is 0 Å². The molecular formula is C11H5NO2. The van der Waals surface area contributed by atoms with Crippen LogP contribution in [0, 0.1) is 23.2 Å². The summed E-state index contributed by atoms with van der Waals surface area (Å²) in [6.07, 6.45) is 1.21. The first-order valence-electron chi connectivity index (χ1n) is 3.77. The average Bonchev–Trinajstić information content (AvgIpc) is 2.25. The highest BCUT2D eigenvalue weighted by atomic mass is 16.1. The van der Waals surface area contributed by atoms with Crippen LogP contribution in [0.15, 0.2) is 18.2 Å². The van der Waals surface area contributed by atoms with E-state index < -0.39 is 0 Å². The number of nitriles is 1. The quantitative estimate of drug-likeness (QED) is 0.511. The third-order valence-electron chi connectivity index (χ3n) is 1.63. The van der Waals surface area contributed by atoms with E-state index in [1.807, 2.05) is 0 Å². The minimum absolute atomic E-state index is 0.305. The van der Waals surface area contributed by atoms with Crippen molar-refractivity contribution in [1.82, 2.24) is 0 Å². The van der Waals surface area contributed by atoms with Crippen LogP contribution in [0.5, 0.6) is 0 Å². The van der Waals surface area contributed by atoms with E-state index in [0.717, 1.165) is 0 Å². The highest BCUT2D eigenvalue weighted by Crippen LogP contribution is 2.09. The zero-order chi connectivity index (χ0) is 10.4. The fraction of sp³-hybridized carbons (Fsp3) is 0. The molecule has 0 radical (unpaired) electrons. The third-order valence-corrected chi connectivity index (χ3v) is 1.63. The van der Waals surface area contributed by atoms with Crippen molar-refractivity contribution in [2.24, 2.45) is 0 Å². The average molecular weight is 183 g/mol. The number of benzene rings is 1. The molecule has 0 spiro atoms. The van der Waals surface area contributed by atoms with E-state index in [2.05, 4.69) is 11.8 Å². The molecule has 0 N–H and O–H groups in total. The van der Waals surface area contributed by atoms with Gasteiger partial charge in [0.25, 0.3) is 0 Å². The molecule has 3 heteroatoms. The lowest BCUT2D eigenvalue weighted by molar-refractivity contribution is 0.112. The van der Waals surface area contributed by atoms with Crippen molar-refractivity contribution in [2.45, 2.75) is 0 Å². The second-order valence-electron chi connectivity index (χ2n) is 2.41. The smallest absolute Gasteiger partial charge is 0.152 e. The molecule has 1 aromatic rings. The van der Waals surface area contributed by atoms with Crippen molar-refractivity contribution in [3.63, 3.8) is 0 Å². The highest BCUT2D eigenvalue weighted by molar-refractivity contribution is 5.88. The molecule has 1 aromatic carbocycles. The first-order valence-corrected chi connectivity index (χ1v) is 3.77. The van der Waals surface area contributed by atoms with Gasteiger partial charge in [0.2, 0.25) is 0 Å². The Labute approximate surface area is 81.0 Å². The summed E-state index contributed by atoms with van der Waals surface area (Å²) >= 11 is 0. The molecule has 0 aromatic heterocycles. The number of hydrogen-bond donors (Lipinski definition) is 0. The van der Waals surface area contributed by atoms with Crippen LogP contribution in [0.25, 0.3) is 0 Å². The Morgan fingerprint density at radius 3 is 2.14 bits per heavy atom. The zero-order valence-corrected chi connectivity index (χ0v) is 7.15. The summed E-state index contributed by atoms with van der Waals surface area (Å²) in [5.41, 5.74) is 0.939. The standard InChI is InChI=1S/C11H5NO2/c12-6-2-5-11-9(7-13)3-1-4-10(11)8-14/h1,3-4,7-8H. The van der Waals surface area contributed by atoms with Gasteiger partial charge in [-0.25, -0.2) is 0 Å². The van der Waals surface area contributed by atoms with Crippen LogP contribution >= 0.6 is 0 Å². The van der Waals surface area contributed by atoms with E-state index >= 15 is 0 Å². The van der Waals surface area contributed by atoms with Crippen LogP contribution in [0.1, 0.15) is 26.3 Å². The Morgan fingerprint density at radius 2 is 1.71 bits per heavy atom. The molecule has 66 valence electrons. The summed E-state index contributed by atoms with van der Waals surface area (Å²) < 4.78 is 0. The molecule has 0 heterocycles. The van der Waals surface area contributed by atoms with Crippen LogP contribution in [0.4, 0.5) is 0 Å².